The molecule has 2 aromatic carbocycles. The molecule has 0 aliphatic carbocycles. The van der Waals surface area contributed by atoms with Crippen molar-refractivity contribution in [2.75, 3.05) is 0 Å². The summed E-state index contributed by atoms with van der Waals surface area (Å²) in [6.07, 6.45) is 0. The Bertz CT molecular complexity index is 631. The Morgan fingerprint density at radius 2 is 1.88 bits per heavy atom. The predicted octanol–water partition coefficient (Wildman–Crippen LogP) is 1.93. The molecule has 0 spiro atoms. The summed E-state index contributed by atoms with van der Waals surface area (Å²) >= 11 is 0. The number of hydrogen-bond acceptors (Lipinski definition) is 3. The maximum absolute atomic E-state index is 10.7. The summed E-state index contributed by atoms with van der Waals surface area (Å²) in [7, 11) is -4.04. The van der Waals surface area contributed by atoms with Gasteiger partial charge in [-0.05, 0) is 23.1 Å². The van der Waals surface area contributed by atoms with Crippen LogP contribution in [0.5, 0.6) is 5.75 Å². The number of benzene rings is 2. The van der Waals surface area contributed by atoms with E-state index in [0.29, 0.717) is 10.9 Å². The third-order valence-electron chi connectivity index (χ3n) is 2.27. The molecule has 0 saturated heterocycles. The lowest BCUT2D eigenvalue weighted by atomic mass is 10.1. The van der Waals surface area contributed by atoms with E-state index in [1.165, 1.54) is 6.07 Å². The van der Waals surface area contributed by atoms with Crippen LogP contribution in [0.25, 0.3) is 10.8 Å². The van der Waals surface area contributed by atoms with Crippen molar-refractivity contribution in [3.8, 4) is 5.75 Å². The third kappa shape index (κ3) is 2.32. The summed E-state index contributed by atoms with van der Waals surface area (Å²) in [6.45, 7) is 0. The standard InChI is InChI=1S/C11H10O4S/c12-11-3-1-2-9-5-4-8(6-10(9)11)7-16(13,14)15/h1-6,12H,7H2,(H,13,14,15). The average Bonchev–Trinajstić information content (AvgIpc) is 2.17. The third-order valence-corrected chi connectivity index (χ3v) is 2.97. The lowest BCUT2D eigenvalue weighted by Gasteiger charge is -2.03. The second-order valence-electron chi connectivity index (χ2n) is 3.56. The maximum atomic E-state index is 10.7. The average molecular weight is 238 g/mol. The fourth-order valence-corrected chi connectivity index (χ4v) is 2.20. The van der Waals surface area contributed by atoms with E-state index in [2.05, 4.69) is 0 Å². The molecule has 0 atom stereocenters. The smallest absolute Gasteiger partial charge is 0.269 e. The van der Waals surface area contributed by atoms with E-state index in [-0.39, 0.29) is 5.75 Å². The first kappa shape index (κ1) is 10.9. The molecule has 0 radical (unpaired) electrons. The van der Waals surface area contributed by atoms with Crippen LogP contribution in [-0.4, -0.2) is 18.1 Å². The highest BCUT2D eigenvalue weighted by Gasteiger charge is 2.08. The zero-order chi connectivity index (χ0) is 11.8. The lowest BCUT2D eigenvalue weighted by molar-refractivity contribution is 0.479. The molecule has 0 aromatic heterocycles. The number of hydrogen-bond donors (Lipinski definition) is 2. The number of rotatable bonds is 2. The van der Waals surface area contributed by atoms with Crippen LogP contribution < -0.4 is 0 Å². The van der Waals surface area contributed by atoms with Gasteiger partial charge in [-0.1, -0.05) is 24.3 Å². The van der Waals surface area contributed by atoms with E-state index in [9.17, 15) is 13.5 Å². The molecule has 2 aromatic rings. The van der Waals surface area contributed by atoms with Crippen LogP contribution in [0.2, 0.25) is 0 Å². The van der Waals surface area contributed by atoms with Gasteiger partial charge in [-0.3, -0.25) is 4.55 Å². The number of phenols is 1. The Kier molecular flexibility index (Phi) is 2.57. The molecule has 2 N–H and O–H groups in total. The minimum absolute atomic E-state index is 0.0923. The number of phenolic OH excluding ortho intramolecular Hbond substituents is 1. The Morgan fingerprint density at radius 1 is 1.12 bits per heavy atom. The Balaban J connectivity index is 2.55. The number of fused-ring (bicyclic) bond motifs is 1. The molecule has 0 unspecified atom stereocenters. The maximum Gasteiger partial charge on any atom is 0.269 e. The molecular formula is C11H10O4S. The van der Waals surface area contributed by atoms with Crippen LogP contribution in [0.3, 0.4) is 0 Å². The van der Waals surface area contributed by atoms with E-state index >= 15 is 0 Å². The molecule has 0 saturated carbocycles. The van der Waals surface area contributed by atoms with Gasteiger partial charge in [0, 0.05) is 5.39 Å². The normalized spacial score (nSPS) is 11.8. The summed E-state index contributed by atoms with van der Waals surface area (Å²) < 4.78 is 30.2. The highest BCUT2D eigenvalue weighted by molar-refractivity contribution is 7.85. The van der Waals surface area contributed by atoms with Crippen molar-refractivity contribution in [2.24, 2.45) is 0 Å². The molecule has 0 fully saturated rings. The van der Waals surface area contributed by atoms with Gasteiger partial charge in [-0.15, -0.1) is 0 Å². The Hall–Kier alpha value is -1.59. The number of aromatic hydroxyl groups is 1. The quantitative estimate of drug-likeness (QED) is 0.784. The summed E-state index contributed by atoms with van der Waals surface area (Å²) in [4.78, 5) is 0. The predicted molar refractivity (Wildman–Crippen MR) is 60.9 cm³/mol. The van der Waals surface area contributed by atoms with E-state index in [1.807, 2.05) is 6.07 Å². The lowest BCUT2D eigenvalue weighted by Crippen LogP contribution is -2.01. The molecule has 5 heteroatoms. The molecule has 0 amide bonds. The largest absolute Gasteiger partial charge is 0.507 e. The van der Waals surface area contributed by atoms with E-state index in [1.54, 1.807) is 24.3 Å². The van der Waals surface area contributed by atoms with Gasteiger partial charge in [-0.25, -0.2) is 0 Å². The molecule has 16 heavy (non-hydrogen) atoms. The van der Waals surface area contributed by atoms with Gasteiger partial charge in [0.2, 0.25) is 0 Å². The molecule has 0 aliphatic rings. The molecule has 2 rings (SSSR count). The van der Waals surface area contributed by atoms with Crippen molar-refractivity contribution >= 4 is 20.9 Å². The zero-order valence-corrected chi connectivity index (χ0v) is 9.11. The van der Waals surface area contributed by atoms with Crippen LogP contribution in [0.4, 0.5) is 0 Å². The molecule has 0 heterocycles. The van der Waals surface area contributed by atoms with Crippen LogP contribution in [-0.2, 0) is 15.9 Å². The van der Waals surface area contributed by atoms with Crippen LogP contribution >= 0.6 is 0 Å². The fraction of sp³-hybridized carbons (Fsp3) is 0.0909. The molecule has 4 nitrogen and oxygen atoms in total. The summed E-state index contributed by atoms with van der Waals surface area (Å²) in [6, 6.07) is 9.91. The van der Waals surface area contributed by atoms with Gasteiger partial charge in [0.15, 0.2) is 0 Å². The highest BCUT2D eigenvalue weighted by Crippen LogP contribution is 2.25. The molecule has 84 valence electrons. The van der Waals surface area contributed by atoms with Gasteiger partial charge in [0.1, 0.15) is 11.5 Å². The highest BCUT2D eigenvalue weighted by atomic mass is 32.2. The Morgan fingerprint density at radius 3 is 2.56 bits per heavy atom. The van der Waals surface area contributed by atoms with Gasteiger partial charge in [-0.2, -0.15) is 8.42 Å². The molecule has 0 aliphatic heterocycles. The van der Waals surface area contributed by atoms with Crippen molar-refractivity contribution in [1.82, 2.24) is 0 Å². The van der Waals surface area contributed by atoms with Crippen molar-refractivity contribution in [3.05, 3.63) is 42.0 Å². The zero-order valence-electron chi connectivity index (χ0n) is 8.29. The van der Waals surface area contributed by atoms with Crippen molar-refractivity contribution in [2.45, 2.75) is 5.75 Å². The van der Waals surface area contributed by atoms with Crippen molar-refractivity contribution in [1.29, 1.82) is 0 Å². The van der Waals surface area contributed by atoms with Crippen LogP contribution in [0, 0.1) is 0 Å². The van der Waals surface area contributed by atoms with Gasteiger partial charge >= 0.3 is 0 Å². The topological polar surface area (TPSA) is 74.6 Å². The van der Waals surface area contributed by atoms with Gasteiger partial charge in [0.05, 0.1) is 0 Å². The first-order chi connectivity index (χ1) is 7.46. The van der Waals surface area contributed by atoms with Crippen molar-refractivity contribution in [3.63, 3.8) is 0 Å². The van der Waals surface area contributed by atoms with Gasteiger partial charge in [0.25, 0.3) is 10.1 Å². The minimum Gasteiger partial charge on any atom is -0.507 e. The monoisotopic (exact) mass is 238 g/mol. The summed E-state index contributed by atoms with van der Waals surface area (Å²) in [5.74, 6) is -0.355. The summed E-state index contributed by atoms with van der Waals surface area (Å²) in [5, 5.41) is 11.0. The summed E-state index contributed by atoms with van der Waals surface area (Å²) in [5.41, 5.74) is 0.441. The van der Waals surface area contributed by atoms with E-state index in [0.717, 1.165) is 5.39 Å². The minimum atomic E-state index is -4.04. The van der Waals surface area contributed by atoms with E-state index in [4.69, 9.17) is 4.55 Å². The molecular weight excluding hydrogens is 228 g/mol. The second-order valence-corrected chi connectivity index (χ2v) is 5.01. The fourth-order valence-electron chi connectivity index (χ4n) is 1.60. The van der Waals surface area contributed by atoms with Gasteiger partial charge < -0.3 is 5.11 Å². The molecule has 0 bridgehead atoms. The SMILES string of the molecule is O=S(=O)(O)Cc1ccc2cccc(O)c2c1. The second kappa shape index (κ2) is 3.77. The first-order valence-electron chi connectivity index (χ1n) is 4.61. The van der Waals surface area contributed by atoms with E-state index < -0.39 is 15.9 Å². The van der Waals surface area contributed by atoms with Crippen LogP contribution in [0.15, 0.2) is 36.4 Å². The Labute approximate surface area is 92.9 Å². The van der Waals surface area contributed by atoms with Crippen LogP contribution in [0.1, 0.15) is 5.56 Å². The van der Waals surface area contributed by atoms with Crippen molar-refractivity contribution < 1.29 is 18.1 Å². The first-order valence-corrected chi connectivity index (χ1v) is 6.22.